The van der Waals surface area contributed by atoms with E-state index in [0.29, 0.717) is 49.9 Å². The van der Waals surface area contributed by atoms with Gasteiger partial charge in [-0.15, -0.1) is 0 Å². The summed E-state index contributed by atoms with van der Waals surface area (Å²) in [5.41, 5.74) is 6.49. The first-order valence-electron chi connectivity index (χ1n) is 42.2. The van der Waals surface area contributed by atoms with Crippen LogP contribution in [0.1, 0.15) is 149 Å². The number of amides is 16. The normalized spacial score (nSPS) is 15.6. The average molecular weight is 1820 g/mol. The van der Waals surface area contributed by atoms with E-state index in [9.17, 15) is 137 Å². The number of unbranched alkanes of at least 4 members (excludes halogenated alkanes) is 1. The number of nitrogens with one attached hydrogen (secondary N) is 15. The zero-order chi connectivity index (χ0) is 96.3. The van der Waals surface area contributed by atoms with Crippen LogP contribution in [-0.2, 0) is 110 Å². The van der Waals surface area contributed by atoms with Gasteiger partial charge in [0.1, 0.15) is 84.0 Å². The number of hydrogen-bond donors (Lipinski definition) is 25. The third-order valence-corrected chi connectivity index (χ3v) is 20.5. The monoisotopic (exact) mass is 1820 g/mol. The summed E-state index contributed by atoms with van der Waals surface area (Å²) in [6.45, 7) is 7.07. The van der Waals surface area contributed by atoms with Crippen LogP contribution in [0.15, 0.2) is 78.9 Å². The van der Waals surface area contributed by atoms with Gasteiger partial charge in [0.2, 0.25) is 94.5 Å². The summed E-state index contributed by atoms with van der Waals surface area (Å²) in [6.07, 6.45) is -4.74. The quantitative estimate of drug-likeness (QED) is 0.0234. The predicted octanol–water partition coefficient (Wildman–Crippen LogP) is -6.14. The highest BCUT2D eigenvalue weighted by Gasteiger charge is 2.40. The topological polar surface area (TPSA) is 716 Å². The zero-order valence-electron chi connectivity index (χ0n) is 72.9. The largest absolute Gasteiger partial charge is 0.508 e. The van der Waals surface area contributed by atoms with Crippen molar-refractivity contribution in [3.8, 4) is 11.5 Å². The average Bonchev–Trinajstić information content (AvgIpc) is 0.839. The van der Waals surface area contributed by atoms with Gasteiger partial charge in [0, 0.05) is 57.7 Å². The Morgan fingerprint density at radius 3 is 1.28 bits per heavy atom. The molecule has 3 aromatic carbocycles. The number of aliphatic carboxylic acids is 3. The van der Waals surface area contributed by atoms with E-state index in [1.807, 2.05) is 0 Å². The number of carbonyl (C=O) groups excluding carboxylic acids is 16. The number of aromatic hydroxyl groups is 2. The molecule has 45 nitrogen and oxygen atoms in total. The molecule has 0 spiro atoms. The Bertz CT molecular complexity index is 4310. The molecule has 1 saturated heterocycles. The van der Waals surface area contributed by atoms with Gasteiger partial charge in [-0.05, 0) is 119 Å². The zero-order valence-corrected chi connectivity index (χ0v) is 72.9. The van der Waals surface area contributed by atoms with Crippen LogP contribution in [0.5, 0.6) is 11.5 Å². The molecule has 1 fully saturated rings. The molecule has 26 N–H and O–H groups in total. The maximum Gasteiger partial charge on any atom is 0.305 e. The smallest absolute Gasteiger partial charge is 0.305 e. The highest BCUT2D eigenvalue weighted by Crippen LogP contribution is 2.19. The number of nitrogens with zero attached hydrogens (tertiary/aromatic N) is 1. The fourth-order valence-electron chi connectivity index (χ4n) is 13.1. The summed E-state index contributed by atoms with van der Waals surface area (Å²) in [6, 6.07) is -4.33. The summed E-state index contributed by atoms with van der Waals surface area (Å²) in [7, 11) is 0. The fourth-order valence-corrected chi connectivity index (χ4v) is 13.1. The van der Waals surface area contributed by atoms with Gasteiger partial charge >= 0.3 is 17.9 Å². The van der Waals surface area contributed by atoms with Crippen LogP contribution in [0.2, 0.25) is 0 Å². The highest BCUT2D eigenvalue weighted by atomic mass is 16.4. The molecule has 0 unspecified atom stereocenters. The van der Waals surface area contributed by atoms with Crippen molar-refractivity contribution >= 4 is 112 Å². The Morgan fingerprint density at radius 2 is 0.806 bits per heavy atom. The molecule has 16 amide bonds. The van der Waals surface area contributed by atoms with Crippen LogP contribution in [0.4, 0.5) is 0 Å². The number of piperidine rings is 1. The van der Waals surface area contributed by atoms with Crippen LogP contribution in [0, 0.1) is 11.8 Å². The summed E-state index contributed by atoms with van der Waals surface area (Å²) in [4.78, 5) is 259. The molecular formula is C84H123N17O28. The molecule has 1 heterocycles. The Kier molecular flexibility index (Phi) is 46.7. The molecule has 45 heteroatoms. The van der Waals surface area contributed by atoms with Gasteiger partial charge < -0.3 is 136 Å². The number of phenols is 2. The molecule has 1 aliphatic heterocycles. The molecule has 0 bridgehead atoms. The first-order valence-corrected chi connectivity index (χ1v) is 42.2. The van der Waals surface area contributed by atoms with E-state index >= 15 is 0 Å². The molecule has 0 radical (unpaired) electrons. The molecule has 1 aliphatic rings. The van der Waals surface area contributed by atoms with Gasteiger partial charge in [-0.25, -0.2) is 0 Å². The molecular weight excluding hydrogens is 1700 g/mol. The van der Waals surface area contributed by atoms with Crippen molar-refractivity contribution in [1.29, 1.82) is 0 Å². The van der Waals surface area contributed by atoms with Gasteiger partial charge in [0.15, 0.2) is 0 Å². The van der Waals surface area contributed by atoms with Crippen LogP contribution >= 0.6 is 0 Å². The minimum absolute atomic E-state index is 0.0787. The number of rotatable bonds is 57. The molecule has 0 aromatic heterocycles. The summed E-state index contributed by atoms with van der Waals surface area (Å²) in [5, 5.41) is 128. The second-order valence-electron chi connectivity index (χ2n) is 31.8. The third kappa shape index (κ3) is 39.4. The number of carboxylic acid groups (broad SMARTS) is 3. The lowest BCUT2D eigenvalue weighted by molar-refractivity contribution is -0.142. The number of nitrogens with two attached hydrogens (primary N) is 1. The Balaban J connectivity index is 1.54. The van der Waals surface area contributed by atoms with Crippen molar-refractivity contribution in [2.45, 2.75) is 242 Å². The highest BCUT2D eigenvalue weighted by molar-refractivity contribution is 6.01. The summed E-state index contributed by atoms with van der Waals surface area (Å²) < 4.78 is 0. The van der Waals surface area contributed by atoms with Gasteiger partial charge in [0.05, 0.1) is 51.4 Å². The summed E-state index contributed by atoms with van der Waals surface area (Å²) in [5.74, 6) is -23.3. The molecule has 4 rings (SSSR count). The van der Waals surface area contributed by atoms with Crippen molar-refractivity contribution in [3.63, 3.8) is 0 Å². The van der Waals surface area contributed by atoms with Gasteiger partial charge in [-0.1, -0.05) is 95.1 Å². The van der Waals surface area contributed by atoms with Crippen molar-refractivity contribution in [1.82, 2.24) is 84.7 Å². The van der Waals surface area contributed by atoms with Gasteiger partial charge in [-0.2, -0.15) is 0 Å². The fraction of sp³-hybridized carbons (Fsp3) is 0.560. The minimum Gasteiger partial charge on any atom is -0.508 e. The number of hydrogen-bond acceptors (Lipinski definition) is 26. The lowest BCUT2D eigenvalue weighted by atomic mass is 9.96. The van der Waals surface area contributed by atoms with Crippen LogP contribution in [-0.4, -0.2) is 300 Å². The van der Waals surface area contributed by atoms with E-state index in [0.717, 1.165) is 26.7 Å². The van der Waals surface area contributed by atoms with E-state index in [1.165, 1.54) is 72.5 Å². The first-order chi connectivity index (χ1) is 60.9. The van der Waals surface area contributed by atoms with Crippen LogP contribution in [0.3, 0.4) is 0 Å². The van der Waals surface area contributed by atoms with E-state index < -0.39 is 268 Å². The van der Waals surface area contributed by atoms with Gasteiger partial charge in [0.25, 0.3) is 0 Å². The van der Waals surface area contributed by atoms with Gasteiger partial charge in [-0.3, -0.25) is 91.1 Å². The van der Waals surface area contributed by atoms with Crippen LogP contribution in [0.25, 0.3) is 0 Å². The Morgan fingerprint density at radius 1 is 0.403 bits per heavy atom. The number of carbonyl (C=O) groups is 19. The minimum atomic E-state index is -2.23. The molecule has 712 valence electrons. The van der Waals surface area contributed by atoms with E-state index in [2.05, 4.69) is 79.8 Å². The molecule has 0 saturated carbocycles. The maximum atomic E-state index is 14.7. The number of likely N-dealkylation sites (tertiary alicyclic amines) is 1. The second kappa shape index (κ2) is 55.6. The standard InChI is InChI=1S/C84H123N17O28/c1-8-45(4)70(82(127)94-57(37-51-22-26-53(107)27-23-51)76(121)90-55(34-44(2)3)75(120)92-59(38-68(114)115)74(119)88-46(5)16-12-14-31-85)99-81(126)62(43-103)96-77(122)56(36-50-20-24-52(106)25-21-50)91-78(123)60(39-69(116)117)93-80(125)61(42-102)97-84(129)72(48(7)105)100-79(124)58(35-49-17-10-9-11-18-49)95-83(128)71(47(6)104)98-65(110)41-87-73(118)54(28-29-67(112)113)89-64(109)40-86-63(108)30-33-101-32-15-13-19-66(101)111/h9-11,17-18,20-27,44-48,54-62,70-72,102-107H,8,12-16,19,28-43,85H2,1-7H3,(H,86,108)(H,87,118)(H,88,119)(H,89,109)(H,90,121)(H,91,123)(H,92,120)(H,93,125)(H,94,127)(H,95,128)(H,96,122)(H,97,129)(H,98,110)(H,99,126)(H,100,124)(H,112,113)(H,114,115)(H,116,117)/t45-,46+,47+,48+,54-,55-,56-,57-,58-,59-,60-,61-,62-,70-,71-,72-/m0/s1. The van der Waals surface area contributed by atoms with E-state index in [1.54, 1.807) is 45.9 Å². The van der Waals surface area contributed by atoms with E-state index in [4.69, 9.17) is 5.73 Å². The van der Waals surface area contributed by atoms with Crippen molar-refractivity contribution in [2.24, 2.45) is 17.6 Å². The molecule has 129 heavy (non-hydrogen) atoms. The maximum absolute atomic E-state index is 14.7. The number of aliphatic hydroxyl groups is 4. The number of phenolic OH excluding ortho intramolecular Hbond substituents is 2. The summed E-state index contributed by atoms with van der Waals surface area (Å²) >= 11 is 0. The Hall–Kier alpha value is -13.0. The SMILES string of the molecule is CC[C@H](C)[C@H](NC(=O)[C@H](CO)NC(=O)[C@H](Cc1ccc(O)cc1)NC(=O)[C@H](CC(=O)O)NC(=O)[C@H](CO)NC(=O)[C@@H](NC(=O)[C@H](Cc1ccccc1)NC(=O)[C@@H](NC(=O)CNC(=O)[C@H](CCC(=O)O)NC(=O)CNC(=O)CCN1CCCCC1=O)[C@@H](C)O)[C@@H](C)O)C(=O)N[C@@H](Cc1ccc(O)cc1)C(=O)N[C@@H](CC(C)C)C(=O)N[C@@H](CC(=O)O)C(=O)N[C@H](C)CCCCN. The molecule has 3 aromatic rings. The Labute approximate surface area is 743 Å². The molecule has 0 aliphatic carbocycles. The van der Waals surface area contributed by atoms with Crippen molar-refractivity contribution < 1.29 is 137 Å². The number of benzene rings is 3. The molecule has 16 atom stereocenters. The third-order valence-electron chi connectivity index (χ3n) is 20.5. The van der Waals surface area contributed by atoms with Crippen molar-refractivity contribution in [2.75, 3.05) is 45.9 Å². The lowest BCUT2D eigenvalue weighted by Gasteiger charge is -2.30. The first kappa shape index (κ1) is 108. The van der Waals surface area contributed by atoms with Crippen LogP contribution < -0.4 is 85.5 Å². The predicted molar refractivity (Wildman–Crippen MR) is 456 cm³/mol. The second-order valence-corrected chi connectivity index (χ2v) is 31.8. The van der Waals surface area contributed by atoms with E-state index in [-0.39, 0.29) is 61.1 Å². The number of aliphatic hydroxyl groups excluding tert-OH is 4. The number of carboxylic acids is 3. The van der Waals surface area contributed by atoms with Crippen molar-refractivity contribution in [3.05, 3.63) is 95.6 Å². The lowest BCUT2D eigenvalue weighted by Crippen LogP contribution is -2.63.